The second-order valence-corrected chi connectivity index (χ2v) is 5.32. The predicted molar refractivity (Wildman–Crippen MR) is 82.0 cm³/mol. The Morgan fingerprint density at radius 1 is 1.15 bits per heavy atom. The second-order valence-electron chi connectivity index (χ2n) is 5.32. The van der Waals surface area contributed by atoms with E-state index >= 15 is 0 Å². The summed E-state index contributed by atoms with van der Waals surface area (Å²) in [5.74, 6) is 1.30. The van der Waals surface area contributed by atoms with Gasteiger partial charge in [-0.2, -0.15) is 0 Å². The summed E-state index contributed by atoms with van der Waals surface area (Å²) in [6.07, 6.45) is 4.25. The summed E-state index contributed by atoms with van der Waals surface area (Å²) < 4.78 is 5.31. The van der Waals surface area contributed by atoms with Gasteiger partial charge in [-0.15, -0.1) is 0 Å². The van der Waals surface area contributed by atoms with Crippen molar-refractivity contribution in [2.75, 3.05) is 7.11 Å². The van der Waals surface area contributed by atoms with Crippen LogP contribution in [-0.2, 0) is 6.42 Å². The zero-order valence-corrected chi connectivity index (χ0v) is 12.3. The van der Waals surface area contributed by atoms with E-state index in [0.717, 1.165) is 17.7 Å². The summed E-state index contributed by atoms with van der Waals surface area (Å²) in [6.45, 7) is 4.39. The van der Waals surface area contributed by atoms with Crippen molar-refractivity contribution in [2.45, 2.75) is 32.2 Å². The van der Waals surface area contributed by atoms with Crippen LogP contribution >= 0.6 is 0 Å². The van der Waals surface area contributed by atoms with Crippen LogP contribution in [0.15, 0.2) is 42.7 Å². The smallest absolute Gasteiger partial charge is 0.141 e. The van der Waals surface area contributed by atoms with Gasteiger partial charge in [0.2, 0.25) is 0 Å². The standard InChI is InChI=1S/C17H22N2O/c1-12(2)14-6-4-13(5-7-14)10-16(18)15-8-9-19-11-17(15)20-3/h4-9,11-12,16H,10,18H2,1-3H3. The molecule has 2 rings (SSSR count). The maximum Gasteiger partial charge on any atom is 0.141 e. The van der Waals surface area contributed by atoms with Crippen LogP contribution < -0.4 is 10.5 Å². The van der Waals surface area contributed by atoms with Gasteiger partial charge in [0.25, 0.3) is 0 Å². The van der Waals surface area contributed by atoms with E-state index in [-0.39, 0.29) is 6.04 Å². The molecule has 0 aliphatic heterocycles. The van der Waals surface area contributed by atoms with Gasteiger partial charge >= 0.3 is 0 Å². The summed E-state index contributed by atoms with van der Waals surface area (Å²) in [5, 5.41) is 0. The number of hydrogen-bond donors (Lipinski definition) is 1. The molecule has 0 spiro atoms. The number of nitrogens with zero attached hydrogens (tertiary/aromatic N) is 1. The molecular weight excluding hydrogens is 248 g/mol. The number of aromatic nitrogens is 1. The van der Waals surface area contributed by atoms with E-state index in [9.17, 15) is 0 Å². The van der Waals surface area contributed by atoms with Crippen molar-refractivity contribution in [1.29, 1.82) is 0 Å². The van der Waals surface area contributed by atoms with Gasteiger partial charge in [-0.05, 0) is 29.5 Å². The molecule has 3 heteroatoms. The van der Waals surface area contributed by atoms with Crippen molar-refractivity contribution in [3.8, 4) is 5.75 Å². The van der Waals surface area contributed by atoms with E-state index < -0.39 is 0 Å². The quantitative estimate of drug-likeness (QED) is 0.905. The molecule has 0 bridgehead atoms. The summed E-state index contributed by atoms with van der Waals surface area (Å²) >= 11 is 0. The van der Waals surface area contributed by atoms with Gasteiger partial charge in [0.05, 0.1) is 13.3 Å². The lowest BCUT2D eigenvalue weighted by Gasteiger charge is -2.15. The molecule has 2 N–H and O–H groups in total. The largest absolute Gasteiger partial charge is 0.495 e. The fraction of sp³-hybridized carbons (Fsp3) is 0.353. The van der Waals surface area contributed by atoms with Gasteiger partial charge in [-0.3, -0.25) is 4.98 Å². The number of hydrogen-bond acceptors (Lipinski definition) is 3. The molecule has 0 aliphatic rings. The number of pyridine rings is 1. The van der Waals surface area contributed by atoms with Crippen molar-refractivity contribution in [3.63, 3.8) is 0 Å². The van der Waals surface area contributed by atoms with Crippen LogP contribution in [0.3, 0.4) is 0 Å². The summed E-state index contributed by atoms with van der Waals surface area (Å²) in [5.41, 5.74) is 9.88. The molecule has 3 nitrogen and oxygen atoms in total. The van der Waals surface area contributed by atoms with E-state index in [4.69, 9.17) is 10.5 Å². The lowest BCUT2D eigenvalue weighted by molar-refractivity contribution is 0.403. The van der Waals surface area contributed by atoms with Crippen LogP contribution in [0, 0.1) is 0 Å². The average Bonchev–Trinajstić information content (AvgIpc) is 2.47. The molecule has 1 aromatic carbocycles. The maximum absolute atomic E-state index is 6.29. The maximum atomic E-state index is 6.29. The molecule has 2 aromatic rings. The highest BCUT2D eigenvalue weighted by Crippen LogP contribution is 2.25. The Kier molecular flexibility index (Phi) is 4.74. The number of methoxy groups -OCH3 is 1. The highest BCUT2D eigenvalue weighted by molar-refractivity contribution is 5.34. The lowest BCUT2D eigenvalue weighted by Crippen LogP contribution is -2.14. The van der Waals surface area contributed by atoms with Crippen LogP contribution in [0.5, 0.6) is 5.75 Å². The minimum atomic E-state index is -0.0853. The molecule has 1 atom stereocenters. The van der Waals surface area contributed by atoms with Gasteiger partial charge in [-0.25, -0.2) is 0 Å². The van der Waals surface area contributed by atoms with Gasteiger partial charge < -0.3 is 10.5 Å². The zero-order valence-electron chi connectivity index (χ0n) is 12.3. The molecule has 0 saturated heterocycles. The Morgan fingerprint density at radius 3 is 2.45 bits per heavy atom. The second kappa shape index (κ2) is 6.53. The van der Waals surface area contributed by atoms with Gasteiger partial charge in [0, 0.05) is 17.8 Å². The van der Waals surface area contributed by atoms with E-state index in [1.165, 1.54) is 11.1 Å². The monoisotopic (exact) mass is 270 g/mol. The highest BCUT2D eigenvalue weighted by atomic mass is 16.5. The fourth-order valence-electron chi connectivity index (χ4n) is 2.27. The van der Waals surface area contributed by atoms with Crippen molar-refractivity contribution in [2.24, 2.45) is 5.73 Å². The van der Waals surface area contributed by atoms with Crippen molar-refractivity contribution in [1.82, 2.24) is 4.98 Å². The Hall–Kier alpha value is -1.87. The van der Waals surface area contributed by atoms with Crippen LogP contribution in [-0.4, -0.2) is 12.1 Å². The molecule has 0 fully saturated rings. The molecule has 20 heavy (non-hydrogen) atoms. The van der Waals surface area contributed by atoms with Gasteiger partial charge in [-0.1, -0.05) is 38.1 Å². The Morgan fingerprint density at radius 2 is 1.85 bits per heavy atom. The topological polar surface area (TPSA) is 48.1 Å². The third-order valence-corrected chi connectivity index (χ3v) is 3.54. The highest BCUT2D eigenvalue weighted by Gasteiger charge is 2.12. The van der Waals surface area contributed by atoms with Crippen molar-refractivity contribution < 1.29 is 4.74 Å². The first kappa shape index (κ1) is 14.5. The van der Waals surface area contributed by atoms with Crippen LogP contribution in [0.1, 0.15) is 42.5 Å². The van der Waals surface area contributed by atoms with Crippen LogP contribution in [0.4, 0.5) is 0 Å². The number of ether oxygens (including phenoxy) is 1. The predicted octanol–water partition coefficient (Wildman–Crippen LogP) is 3.46. The number of nitrogens with two attached hydrogens (primary N) is 1. The third kappa shape index (κ3) is 3.36. The van der Waals surface area contributed by atoms with Gasteiger partial charge in [0.1, 0.15) is 5.75 Å². The first-order valence-corrected chi connectivity index (χ1v) is 6.94. The molecule has 0 saturated carbocycles. The van der Waals surface area contributed by atoms with E-state index in [1.54, 1.807) is 19.5 Å². The van der Waals surface area contributed by atoms with Gasteiger partial charge in [0.15, 0.2) is 0 Å². The van der Waals surface area contributed by atoms with Crippen LogP contribution in [0.2, 0.25) is 0 Å². The molecule has 1 unspecified atom stereocenters. The zero-order chi connectivity index (χ0) is 14.5. The Labute approximate surface area is 120 Å². The summed E-state index contributed by atoms with van der Waals surface area (Å²) in [4.78, 5) is 4.06. The Bertz CT molecular complexity index is 549. The fourth-order valence-corrected chi connectivity index (χ4v) is 2.27. The average molecular weight is 270 g/mol. The third-order valence-electron chi connectivity index (χ3n) is 3.54. The minimum Gasteiger partial charge on any atom is -0.495 e. The van der Waals surface area contributed by atoms with Crippen molar-refractivity contribution >= 4 is 0 Å². The SMILES string of the molecule is COc1cnccc1C(N)Cc1ccc(C(C)C)cc1. The molecule has 0 amide bonds. The molecule has 1 aromatic heterocycles. The van der Waals surface area contributed by atoms with E-state index in [2.05, 4.69) is 43.1 Å². The molecule has 106 valence electrons. The minimum absolute atomic E-state index is 0.0853. The first-order chi connectivity index (χ1) is 9.61. The lowest BCUT2D eigenvalue weighted by atomic mass is 9.96. The number of rotatable bonds is 5. The molecular formula is C17H22N2O. The van der Waals surface area contributed by atoms with Crippen LogP contribution in [0.25, 0.3) is 0 Å². The number of benzene rings is 1. The Balaban J connectivity index is 2.13. The summed E-state index contributed by atoms with van der Waals surface area (Å²) in [7, 11) is 1.64. The molecule has 0 radical (unpaired) electrons. The summed E-state index contributed by atoms with van der Waals surface area (Å²) in [6, 6.07) is 10.5. The van der Waals surface area contributed by atoms with Crippen molar-refractivity contribution in [3.05, 3.63) is 59.4 Å². The normalized spacial score (nSPS) is 12.4. The van der Waals surface area contributed by atoms with E-state index in [1.807, 2.05) is 6.07 Å². The molecule has 1 heterocycles. The first-order valence-electron chi connectivity index (χ1n) is 6.94. The van der Waals surface area contributed by atoms with E-state index in [0.29, 0.717) is 5.92 Å². The molecule has 0 aliphatic carbocycles.